The normalized spacial score (nSPS) is 19.4. The Morgan fingerprint density at radius 2 is 1.74 bits per heavy atom. The van der Waals surface area contributed by atoms with E-state index in [2.05, 4.69) is 59.2 Å². The minimum absolute atomic E-state index is 0.121. The number of hydrogen-bond acceptors (Lipinski definition) is 4. The third-order valence-corrected chi connectivity index (χ3v) is 8.66. The Labute approximate surface area is 250 Å². The van der Waals surface area contributed by atoms with Crippen LogP contribution in [0.4, 0.5) is 4.39 Å². The molecule has 222 valence electrons. The summed E-state index contributed by atoms with van der Waals surface area (Å²) in [6.07, 6.45) is 2.01. The van der Waals surface area contributed by atoms with Gasteiger partial charge in [-0.15, -0.1) is 0 Å². The zero-order chi connectivity index (χ0) is 29.5. The zero-order valence-corrected chi connectivity index (χ0v) is 25.1. The predicted molar refractivity (Wildman–Crippen MR) is 168 cm³/mol. The summed E-state index contributed by atoms with van der Waals surface area (Å²) in [6.45, 7) is 16.4. The summed E-state index contributed by atoms with van der Waals surface area (Å²) in [4.78, 5) is 18.0. The number of quaternary nitrogens is 1. The van der Waals surface area contributed by atoms with Crippen molar-refractivity contribution in [2.24, 2.45) is 0 Å². The molecule has 1 atom stereocenters. The molecule has 1 amide bonds. The number of amides is 1. The molecule has 2 aliphatic rings. The highest BCUT2D eigenvalue weighted by Gasteiger charge is 2.27. The first kappa shape index (κ1) is 30.1. The van der Waals surface area contributed by atoms with Gasteiger partial charge in [-0.25, -0.2) is 4.39 Å². The van der Waals surface area contributed by atoms with Gasteiger partial charge in [-0.3, -0.25) is 14.6 Å². The van der Waals surface area contributed by atoms with Gasteiger partial charge in [0.2, 0.25) is 0 Å². The van der Waals surface area contributed by atoms with Crippen molar-refractivity contribution in [1.82, 2.24) is 20.4 Å². The molecule has 7 heteroatoms. The summed E-state index contributed by atoms with van der Waals surface area (Å²) >= 11 is 0. The van der Waals surface area contributed by atoms with Crippen LogP contribution in [0.1, 0.15) is 34.0 Å². The molecule has 0 radical (unpaired) electrons. The summed E-state index contributed by atoms with van der Waals surface area (Å²) in [6, 6.07) is 21.6. The lowest BCUT2D eigenvalue weighted by Gasteiger charge is -2.41. The molecule has 0 aromatic heterocycles. The number of hydrogen-bond donors (Lipinski definition) is 2. The molecule has 2 N–H and O–H groups in total. The zero-order valence-electron chi connectivity index (χ0n) is 25.1. The molecule has 2 fully saturated rings. The lowest BCUT2D eigenvalue weighted by Crippen LogP contribution is -2.56. The van der Waals surface area contributed by atoms with E-state index >= 15 is 0 Å². The molecule has 42 heavy (non-hydrogen) atoms. The Kier molecular flexibility index (Phi) is 9.85. The van der Waals surface area contributed by atoms with E-state index in [1.165, 1.54) is 11.6 Å². The number of benzene rings is 3. The van der Waals surface area contributed by atoms with Crippen molar-refractivity contribution in [2.75, 3.05) is 59.4 Å². The SMILES string of the molecule is C=CC[N+]1(C)CCN(Cc2cccc(C(=O)NCc3ccc(F)c(-c4cccc(CN5CCNC(C)C5)c4)c3)c2)CC1. The average molecular weight is 571 g/mol. The fraction of sp³-hybridized carbons (Fsp3) is 0.400. The molecule has 0 aliphatic carbocycles. The van der Waals surface area contributed by atoms with Crippen molar-refractivity contribution in [2.45, 2.75) is 32.6 Å². The fourth-order valence-corrected chi connectivity index (χ4v) is 6.15. The van der Waals surface area contributed by atoms with Gasteiger partial charge >= 0.3 is 0 Å². The van der Waals surface area contributed by atoms with Crippen LogP contribution in [0, 0.1) is 5.82 Å². The van der Waals surface area contributed by atoms with Crippen LogP contribution < -0.4 is 10.6 Å². The summed E-state index contributed by atoms with van der Waals surface area (Å²) in [5, 5.41) is 6.52. The van der Waals surface area contributed by atoms with E-state index in [1.54, 1.807) is 6.07 Å². The van der Waals surface area contributed by atoms with Gasteiger partial charge in [0.05, 0.1) is 26.7 Å². The standard InChI is InChI=1S/C35H44FN5O/c1-4-17-41(3)18-15-39(16-19-41)25-30-8-6-10-32(21-30)35(42)38-23-28-11-12-34(36)33(22-28)31-9-5-7-29(20-31)26-40-14-13-37-27(2)24-40/h4-12,20-22,27,37H,1,13-19,23-26H2,2-3H3/p+1. The molecule has 3 aromatic rings. The first-order valence-electron chi connectivity index (χ1n) is 15.2. The van der Waals surface area contributed by atoms with Crippen molar-refractivity contribution in [3.05, 3.63) is 107 Å². The Hall–Kier alpha value is -3.36. The van der Waals surface area contributed by atoms with Crippen LogP contribution in [0.25, 0.3) is 11.1 Å². The van der Waals surface area contributed by atoms with E-state index in [9.17, 15) is 9.18 Å². The lowest BCUT2D eigenvalue weighted by molar-refractivity contribution is -0.908. The summed E-state index contributed by atoms with van der Waals surface area (Å²) in [7, 11) is 2.29. The van der Waals surface area contributed by atoms with Crippen molar-refractivity contribution < 1.29 is 13.7 Å². The molecule has 3 aromatic carbocycles. The van der Waals surface area contributed by atoms with Crippen molar-refractivity contribution in [3.8, 4) is 11.1 Å². The average Bonchev–Trinajstić information content (AvgIpc) is 2.98. The van der Waals surface area contributed by atoms with E-state index in [4.69, 9.17) is 0 Å². The molecular weight excluding hydrogens is 525 g/mol. The molecule has 5 rings (SSSR count). The van der Waals surface area contributed by atoms with E-state index in [1.807, 2.05) is 42.5 Å². The highest BCUT2D eigenvalue weighted by Crippen LogP contribution is 2.26. The first-order valence-corrected chi connectivity index (χ1v) is 15.2. The van der Waals surface area contributed by atoms with E-state index in [0.717, 1.165) is 86.6 Å². The van der Waals surface area contributed by atoms with Gasteiger partial charge < -0.3 is 15.1 Å². The van der Waals surface area contributed by atoms with E-state index in [0.29, 0.717) is 23.7 Å². The topological polar surface area (TPSA) is 47.6 Å². The van der Waals surface area contributed by atoms with Crippen LogP contribution in [-0.2, 0) is 19.6 Å². The highest BCUT2D eigenvalue weighted by atomic mass is 19.1. The third-order valence-electron chi connectivity index (χ3n) is 8.66. The maximum Gasteiger partial charge on any atom is 0.251 e. The lowest BCUT2D eigenvalue weighted by atomic mass is 10.00. The van der Waals surface area contributed by atoms with Gasteiger partial charge in [0.1, 0.15) is 5.82 Å². The Bertz CT molecular complexity index is 1380. The van der Waals surface area contributed by atoms with Crippen LogP contribution >= 0.6 is 0 Å². The van der Waals surface area contributed by atoms with Crippen LogP contribution in [0.5, 0.6) is 0 Å². The third kappa shape index (κ3) is 7.92. The summed E-state index contributed by atoms with van der Waals surface area (Å²) in [5.74, 6) is -0.379. The number of piperazine rings is 2. The number of carbonyl (C=O) groups excluding carboxylic acids is 1. The number of halogens is 1. The maximum atomic E-state index is 15.0. The number of nitrogens with one attached hydrogen (secondary N) is 2. The van der Waals surface area contributed by atoms with Gasteiger partial charge in [0.25, 0.3) is 5.91 Å². The minimum atomic E-state index is -0.257. The quantitative estimate of drug-likeness (QED) is 0.275. The maximum absolute atomic E-state index is 15.0. The molecular formula is C35H45FN5O+. The Morgan fingerprint density at radius 3 is 2.50 bits per heavy atom. The number of carbonyl (C=O) groups is 1. The Morgan fingerprint density at radius 1 is 1.00 bits per heavy atom. The van der Waals surface area contributed by atoms with Crippen LogP contribution in [0.2, 0.25) is 0 Å². The minimum Gasteiger partial charge on any atom is -0.348 e. The molecule has 2 heterocycles. The largest absolute Gasteiger partial charge is 0.348 e. The molecule has 6 nitrogen and oxygen atoms in total. The van der Waals surface area contributed by atoms with Crippen molar-refractivity contribution in [1.29, 1.82) is 0 Å². The second kappa shape index (κ2) is 13.7. The fourth-order valence-electron chi connectivity index (χ4n) is 6.15. The van der Waals surface area contributed by atoms with Crippen LogP contribution in [0.15, 0.2) is 79.4 Å². The molecule has 0 bridgehead atoms. The van der Waals surface area contributed by atoms with Gasteiger partial charge in [-0.2, -0.15) is 0 Å². The van der Waals surface area contributed by atoms with Crippen LogP contribution in [-0.4, -0.2) is 85.6 Å². The monoisotopic (exact) mass is 570 g/mol. The second-order valence-corrected chi connectivity index (χ2v) is 12.3. The summed E-state index contributed by atoms with van der Waals surface area (Å²) in [5.41, 5.74) is 5.25. The predicted octanol–water partition coefficient (Wildman–Crippen LogP) is 4.66. The molecule has 2 aliphatic heterocycles. The van der Waals surface area contributed by atoms with E-state index in [-0.39, 0.29) is 11.7 Å². The number of nitrogens with zero attached hydrogens (tertiary/aromatic N) is 3. The molecule has 0 spiro atoms. The smallest absolute Gasteiger partial charge is 0.251 e. The van der Waals surface area contributed by atoms with Gasteiger partial charge in [0.15, 0.2) is 0 Å². The highest BCUT2D eigenvalue weighted by molar-refractivity contribution is 5.94. The van der Waals surface area contributed by atoms with Crippen molar-refractivity contribution >= 4 is 5.91 Å². The number of likely N-dealkylation sites (N-methyl/N-ethyl adjacent to an activating group) is 1. The molecule has 0 saturated carbocycles. The van der Waals surface area contributed by atoms with Gasteiger partial charge in [-0.05, 0) is 65.6 Å². The Balaban J connectivity index is 1.19. The number of rotatable bonds is 10. The van der Waals surface area contributed by atoms with Crippen molar-refractivity contribution in [3.63, 3.8) is 0 Å². The van der Waals surface area contributed by atoms with Crippen LogP contribution in [0.3, 0.4) is 0 Å². The summed E-state index contributed by atoms with van der Waals surface area (Å²) < 4.78 is 16.0. The molecule has 1 unspecified atom stereocenters. The molecule has 2 saturated heterocycles. The first-order chi connectivity index (χ1) is 20.3. The van der Waals surface area contributed by atoms with E-state index < -0.39 is 0 Å². The van der Waals surface area contributed by atoms with Gasteiger partial charge in [0, 0.05) is 69.5 Å². The second-order valence-electron chi connectivity index (χ2n) is 12.3. The van der Waals surface area contributed by atoms with Gasteiger partial charge in [-0.1, -0.05) is 43.0 Å².